The maximum atomic E-state index is 11.9. The van der Waals surface area contributed by atoms with Gasteiger partial charge in [-0.3, -0.25) is 9.89 Å². The molecule has 3 rings (SSSR count). The van der Waals surface area contributed by atoms with Crippen LogP contribution in [0, 0.1) is 0 Å². The van der Waals surface area contributed by atoms with E-state index in [2.05, 4.69) is 15.5 Å². The van der Waals surface area contributed by atoms with Crippen molar-refractivity contribution in [3.05, 3.63) is 52.3 Å². The lowest BCUT2D eigenvalue weighted by atomic mass is 10.1. The van der Waals surface area contributed by atoms with Gasteiger partial charge >= 0.3 is 0 Å². The molecule has 0 saturated carbocycles. The van der Waals surface area contributed by atoms with Gasteiger partial charge < -0.3 is 5.32 Å². The normalized spacial score (nSPS) is 17.5. The monoisotopic (exact) mass is 261 g/mol. The number of aromatic nitrogens is 2. The fourth-order valence-corrected chi connectivity index (χ4v) is 2.55. The van der Waals surface area contributed by atoms with E-state index < -0.39 is 0 Å². The zero-order valence-corrected chi connectivity index (χ0v) is 10.4. The second-order valence-electron chi connectivity index (χ2n) is 4.39. The van der Waals surface area contributed by atoms with Gasteiger partial charge in [0.1, 0.15) is 0 Å². The Hall–Kier alpha value is -1.81. The third-order valence-electron chi connectivity index (χ3n) is 3.25. The number of hydrogen-bond donors (Lipinski definition) is 2. The predicted molar refractivity (Wildman–Crippen MR) is 68.6 cm³/mol. The summed E-state index contributed by atoms with van der Waals surface area (Å²) < 4.78 is 0. The molecule has 2 aromatic rings. The molecule has 1 aromatic heterocycles. The fourth-order valence-electron chi connectivity index (χ4n) is 2.35. The van der Waals surface area contributed by atoms with Crippen LogP contribution in [-0.2, 0) is 6.42 Å². The first-order chi connectivity index (χ1) is 8.74. The maximum absolute atomic E-state index is 11.9. The number of aryl methyl sites for hydroxylation is 1. The first-order valence-corrected chi connectivity index (χ1v) is 6.20. The number of hydrogen-bond acceptors (Lipinski definition) is 2. The highest BCUT2D eigenvalue weighted by Gasteiger charge is 2.24. The second-order valence-corrected chi connectivity index (χ2v) is 4.83. The van der Waals surface area contributed by atoms with Gasteiger partial charge in [-0.2, -0.15) is 5.10 Å². The molecule has 2 N–H and O–H groups in total. The third kappa shape index (κ3) is 1.99. The van der Waals surface area contributed by atoms with Crippen LogP contribution >= 0.6 is 11.6 Å². The van der Waals surface area contributed by atoms with Gasteiger partial charge in [-0.25, -0.2) is 0 Å². The molecule has 0 radical (unpaired) electrons. The van der Waals surface area contributed by atoms with Crippen LogP contribution in [0.5, 0.6) is 0 Å². The summed E-state index contributed by atoms with van der Waals surface area (Å²) in [7, 11) is 0. The quantitative estimate of drug-likeness (QED) is 0.873. The summed E-state index contributed by atoms with van der Waals surface area (Å²) in [4.78, 5) is 11.9. The number of fused-ring (bicyclic) bond motifs is 1. The van der Waals surface area contributed by atoms with Gasteiger partial charge in [0.25, 0.3) is 5.91 Å². The molecule has 0 fully saturated rings. The van der Waals surface area contributed by atoms with Gasteiger partial charge in [0.15, 0.2) is 0 Å². The molecule has 0 saturated heterocycles. The van der Waals surface area contributed by atoms with Crippen molar-refractivity contribution >= 4 is 17.5 Å². The Morgan fingerprint density at radius 3 is 3.17 bits per heavy atom. The third-order valence-corrected chi connectivity index (χ3v) is 3.48. The Balaban J connectivity index is 1.79. The van der Waals surface area contributed by atoms with Crippen LogP contribution in [0.25, 0.3) is 0 Å². The van der Waals surface area contributed by atoms with Gasteiger partial charge in [-0.1, -0.05) is 17.7 Å². The van der Waals surface area contributed by atoms with Crippen molar-refractivity contribution in [3.8, 4) is 0 Å². The lowest BCUT2D eigenvalue weighted by Crippen LogP contribution is -2.26. The number of benzene rings is 1. The molecule has 0 spiro atoms. The van der Waals surface area contributed by atoms with E-state index in [0.29, 0.717) is 5.56 Å². The van der Waals surface area contributed by atoms with Gasteiger partial charge in [0.05, 0.1) is 17.8 Å². The largest absolute Gasteiger partial charge is 0.345 e. The zero-order valence-electron chi connectivity index (χ0n) is 9.61. The van der Waals surface area contributed by atoms with E-state index >= 15 is 0 Å². The Kier molecular flexibility index (Phi) is 2.80. The van der Waals surface area contributed by atoms with E-state index in [1.54, 1.807) is 6.20 Å². The Morgan fingerprint density at radius 2 is 2.39 bits per heavy atom. The Morgan fingerprint density at radius 1 is 1.50 bits per heavy atom. The average molecular weight is 262 g/mol. The standard InChI is InChI=1S/C13H12ClN3O/c14-10-2-3-11-8(5-10)1-4-12(11)17-13(18)9-6-15-16-7-9/h2-3,5-7,12H,1,4H2,(H,15,16)(H,17,18). The molecule has 0 bridgehead atoms. The number of H-pyrrole nitrogens is 1. The number of carbonyl (C=O) groups is 1. The van der Waals surface area contributed by atoms with Gasteiger partial charge in [-0.05, 0) is 36.1 Å². The highest BCUT2D eigenvalue weighted by molar-refractivity contribution is 6.30. The number of aromatic amines is 1. The van der Waals surface area contributed by atoms with Crippen LogP contribution in [-0.4, -0.2) is 16.1 Å². The molecule has 1 amide bonds. The molecular weight excluding hydrogens is 250 g/mol. The topological polar surface area (TPSA) is 57.8 Å². The maximum Gasteiger partial charge on any atom is 0.254 e. The number of carbonyl (C=O) groups excluding carboxylic acids is 1. The minimum Gasteiger partial charge on any atom is -0.345 e. The lowest BCUT2D eigenvalue weighted by molar-refractivity contribution is 0.0937. The first kappa shape index (κ1) is 11.3. The molecule has 18 heavy (non-hydrogen) atoms. The number of nitrogens with one attached hydrogen (secondary N) is 2. The van der Waals surface area contributed by atoms with Crippen LogP contribution in [0.3, 0.4) is 0 Å². The first-order valence-electron chi connectivity index (χ1n) is 5.82. The average Bonchev–Trinajstić information content (AvgIpc) is 2.98. The molecule has 5 heteroatoms. The number of halogens is 1. The summed E-state index contributed by atoms with van der Waals surface area (Å²) in [5, 5.41) is 10.2. The van der Waals surface area contributed by atoms with Crippen molar-refractivity contribution in [1.29, 1.82) is 0 Å². The summed E-state index contributed by atoms with van der Waals surface area (Å²) in [5.41, 5.74) is 2.94. The predicted octanol–water partition coefficient (Wildman–Crippen LogP) is 2.48. The molecular formula is C13H12ClN3O. The minimum atomic E-state index is -0.100. The molecule has 1 aliphatic carbocycles. The molecule has 1 unspecified atom stereocenters. The van der Waals surface area contributed by atoms with Gasteiger partial charge in [0, 0.05) is 11.2 Å². The van der Waals surface area contributed by atoms with Crippen LogP contribution in [0.4, 0.5) is 0 Å². The van der Waals surface area contributed by atoms with Crippen LogP contribution in [0.2, 0.25) is 5.02 Å². The lowest BCUT2D eigenvalue weighted by Gasteiger charge is -2.13. The highest BCUT2D eigenvalue weighted by atomic mass is 35.5. The van der Waals surface area contributed by atoms with Crippen molar-refractivity contribution < 1.29 is 4.79 Å². The second kappa shape index (κ2) is 4.46. The SMILES string of the molecule is O=C(NC1CCc2cc(Cl)ccc21)c1cn[nH]c1. The smallest absolute Gasteiger partial charge is 0.254 e. The van der Waals surface area contributed by atoms with Crippen molar-refractivity contribution in [3.63, 3.8) is 0 Å². The van der Waals surface area contributed by atoms with E-state index in [1.165, 1.54) is 11.8 Å². The van der Waals surface area contributed by atoms with Crippen LogP contribution in [0.1, 0.15) is 33.9 Å². The van der Waals surface area contributed by atoms with E-state index in [0.717, 1.165) is 23.4 Å². The van der Waals surface area contributed by atoms with Crippen molar-refractivity contribution in [2.24, 2.45) is 0 Å². The summed E-state index contributed by atoms with van der Waals surface area (Å²) >= 11 is 5.96. The van der Waals surface area contributed by atoms with E-state index in [1.807, 2.05) is 18.2 Å². The van der Waals surface area contributed by atoms with E-state index in [9.17, 15) is 4.79 Å². The molecule has 1 aromatic carbocycles. The minimum absolute atomic E-state index is 0.0691. The zero-order chi connectivity index (χ0) is 12.5. The number of amides is 1. The molecule has 0 aliphatic heterocycles. The van der Waals surface area contributed by atoms with Crippen molar-refractivity contribution in [1.82, 2.24) is 15.5 Å². The molecule has 1 aliphatic rings. The highest BCUT2D eigenvalue weighted by Crippen LogP contribution is 2.32. The summed E-state index contributed by atoms with van der Waals surface area (Å²) in [6, 6.07) is 5.90. The van der Waals surface area contributed by atoms with Crippen LogP contribution in [0.15, 0.2) is 30.6 Å². The van der Waals surface area contributed by atoms with Crippen molar-refractivity contribution in [2.45, 2.75) is 18.9 Å². The fraction of sp³-hybridized carbons (Fsp3) is 0.231. The summed E-state index contributed by atoms with van der Waals surface area (Å²) in [6.07, 6.45) is 4.98. The Bertz CT molecular complexity index is 580. The molecule has 92 valence electrons. The van der Waals surface area contributed by atoms with Crippen molar-refractivity contribution in [2.75, 3.05) is 0 Å². The molecule has 1 heterocycles. The summed E-state index contributed by atoms with van der Waals surface area (Å²) in [6.45, 7) is 0. The van der Waals surface area contributed by atoms with Gasteiger partial charge in [0.2, 0.25) is 0 Å². The number of rotatable bonds is 2. The molecule has 4 nitrogen and oxygen atoms in total. The van der Waals surface area contributed by atoms with Crippen LogP contribution < -0.4 is 5.32 Å². The van der Waals surface area contributed by atoms with Gasteiger partial charge in [-0.15, -0.1) is 0 Å². The van der Waals surface area contributed by atoms with E-state index in [4.69, 9.17) is 11.6 Å². The summed E-state index contributed by atoms with van der Waals surface area (Å²) in [5.74, 6) is -0.100. The Labute approximate surface area is 109 Å². The van der Waals surface area contributed by atoms with E-state index in [-0.39, 0.29) is 11.9 Å². The molecule has 1 atom stereocenters. The number of nitrogens with zero attached hydrogens (tertiary/aromatic N) is 1.